The summed E-state index contributed by atoms with van der Waals surface area (Å²) in [6, 6.07) is 0. The summed E-state index contributed by atoms with van der Waals surface area (Å²) in [5, 5.41) is 0. The Morgan fingerprint density at radius 1 is 1.71 bits per heavy atom. The number of alkyl halides is 1. The molecule has 0 bridgehead atoms. The molecule has 0 saturated carbocycles. The largest absolute Gasteiger partial charge is 0.150 e. The van der Waals surface area contributed by atoms with Gasteiger partial charge in [-0.15, -0.1) is 0 Å². The van der Waals surface area contributed by atoms with E-state index in [1.54, 1.807) is 0 Å². The van der Waals surface area contributed by atoms with Crippen LogP contribution in [0.5, 0.6) is 0 Å². The summed E-state index contributed by atoms with van der Waals surface area (Å²) in [6.07, 6.45) is 4.67. The fraction of sp³-hybridized carbons (Fsp3) is 1.00. The first-order chi connectivity index (χ1) is 3.31. The third-order valence-corrected chi connectivity index (χ3v) is 3.10. The first kappa shape index (κ1) is 7.83. The molecule has 0 spiro atoms. The van der Waals surface area contributed by atoms with Gasteiger partial charge in [0, 0.05) is 0 Å². The van der Waals surface area contributed by atoms with Gasteiger partial charge in [0.25, 0.3) is 0 Å². The van der Waals surface area contributed by atoms with Gasteiger partial charge in [0.1, 0.15) is 0 Å². The summed E-state index contributed by atoms with van der Waals surface area (Å²) >= 11 is 5.37. The Balaban J connectivity index is 2.83. The summed E-state index contributed by atoms with van der Waals surface area (Å²) in [7, 11) is 0. The highest BCUT2D eigenvalue weighted by molar-refractivity contribution is 9.11. The van der Waals surface area contributed by atoms with E-state index in [0.29, 0.717) is 4.16 Å². The maximum atomic E-state index is 3.50. The monoisotopic (exact) mass is 182 g/mol. The normalized spacial score (nSPS) is 14.1. The van der Waals surface area contributed by atoms with E-state index in [1.165, 1.54) is 12.8 Å². The Morgan fingerprint density at radius 2 is 2.29 bits per heavy atom. The lowest BCUT2D eigenvalue weighted by Gasteiger charge is -2.00. The van der Waals surface area contributed by atoms with Crippen molar-refractivity contribution in [3.8, 4) is 0 Å². The molecule has 0 saturated heterocycles. The second-order valence-corrected chi connectivity index (χ2v) is 4.19. The van der Waals surface area contributed by atoms with Crippen molar-refractivity contribution >= 4 is 27.7 Å². The first-order valence-corrected chi connectivity index (χ1v) is 4.68. The third kappa shape index (κ3) is 4.69. The SMILES string of the molecule is CCCC(Br)SC. The Hall–Kier alpha value is 0.830. The van der Waals surface area contributed by atoms with Crippen LogP contribution in [-0.4, -0.2) is 10.4 Å². The summed E-state index contributed by atoms with van der Waals surface area (Å²) in [5.74, 6) is 0. The molecule has 0 N–H and O–H groups in total. The minimum absolute atomic E-state index is 0.678. The molecule has 0 aliphatic heterocycles. The molecule has 0 heterocycles. The molecule has 0 radical (unpaired) electrons. The molecule has 44 valence electrons. The van der Waals surface area contributed by atoms with E-state index < -0.39 is 0 Å². The van der Waals surface area contributed by atoms with Crippen LogP contribution in [0.3, 0.4) is 0 Å². The summed E-state index contributed by atoms with van der Waals surface area (Å²) < 4.78 is 0.678. The molecule has 0 nitrogen and oxygen atoms in total. The average Bonchev–Trinajstić information content (AvgIpc) is 1.68. The van der Waals surface area contributed by atoms with Crippen LogP contribution in [0, 0.1) is 0 Å². The van der Waals surface area contributed by atoms with Crippen LogP contribution in [0.4, 0.5) is 0 Å². The maximum absolute atomic E-state index is 3.50. The number of thioether (sulfide) groups is 1. The van der Waals surface area contributed by atoms with E-state index in [4.69, 9.17) is 0 Å². The van der Waals surface area contributed by atoms with Crippen LogP contribution < -0.4 is 0 Å². The molecule has 7 heavy (non-hydrogen) atoms. The van der Waals surface area contributed by atoms with Gasteiger partial charge in [0.15, 0.2) is 0 Å². The molecule has 1 unspecified atom stereocenters. The zero-order chi connectivity index (χ0) is 5.70. The molecule has 0 aliphatic rings. The highest BCUT2D eigenvalue weighted by atomic mass is 79.9. The third-order valence-electron chi connectivity index (χ3n) is 0.771. The molecule has 0 aromatic rings. The van der Waals surface area contributed by atoms with Crippen LogP contribution in [0.2, 0.25) is 0 Å². The van der Waals surface area contributed by atoms with Gasteiger partial charge in [-0.2, -0.15) is 11.8 Å². The van der Waals surface area contributed by atoms with Crippen molar-refractivity contribution in [2.45, 2.75) is 23.9 Å². The predicted octanol–water partition coefficient (Wildman–Crippen LogP) is 2.87. The van der Waals surface area contributed by atoms with Crippen LogP contribution in [0.25, 0.3) is 0 Å². The van der Waals surface area contributed by atoms with Gasteiger partial charge < -0.3 is 0 Å². The predicted molar refractivity (Wildman–Crippen MR) is 41.1 cm³/mol. The van der Waals surface area contributed by atoms with Crippen molar-refractivity contribution < 1.29 is 0 Å². The number of halogens is 1. The van der Waals surface area contributed by atoms with Crippen molar-refractivity contribution in [1.82, 2.24) is 0 Å². The van der Waals surface area contributed by atoms with Crippen LogP contribution in [0.15, 0.2) is 0 Å². The van der Waals surface area contributed by atoms with Crippen LogP contribution in [0.1, 0.15) is 19.8 Å². The zero-order valence-corrected chi connectivity index (χ0v) is 7.18. The quantitative estimate of drug-likeness (QED) is 0.606. The Kier molecular flexibility index (Phi) is 5.57. The molecular formula is C5H11BrS. The number of hydrogen-bond donors (Lipinski definition) is 0. The summed E-state index contributed by atoms with van der Waals surface area (Å²) in [6.45, 7) is 2.20. The highest BCUT2D eigenvalue weighted by Crippen LogP contribution is 2.18. The van der Waals surface area contributed by atoms with E-state index in [2.05, 4.69) is 29.1 Å². The molecule has 1 atom stereocenters. The lowest BCUT2D eigenvalue weighted by Crippen LogP contribution is -1.85. The van der Waals surface area contributed by atoms with Crippen LogP contribution >= 0.6 is 27.7 Å². The van der Waals surface area contributed by atoms with Crippen molar-refractivity contribution in [1.29, 1.82) is 0 Å². The number of hydrogen-bond acceptors (Lipinski definition) is 1. The molecular weight excluding hydrogens is 172 g/mol. The number of rotatable bonds is 3. The molecule has 0 aromatic heterocycles. The van der Waals surface area contributed by atoms with Gasteiger partial charge in [0.2, 0.25) is 0 Å². The topological polar surface area (TPSA) is 0 Å². The van der Waals surface area contributed by atoms with Crippen molar-refractivity contribution in [2.75, 3.05) is 6.26 Å². The molecule has 2 heteroatoms. The van der Waals surface area contributed by atoms with E-state index in [9.17, 15) is 0 Å². The molecule has 0 rings (SSSR count). The fourth-order valence-electron chi connectivity index (χ4n) is 0.345. The lowest BCUT2D eigenvalue weighted by molar-refractivity contribution is 0.877. The summed E-state index contributed by atoms with van der Waals surface area (Å²) in [4.78, 5) is 0. The molecule has 0 amide bonds. The standard InChI is InChI=1S/C5H11BrS/c1-3-4-5(6)7-2/h5H,3-4H2,1-2H3. The lowest BCUT2D eigenvalue weighted by atomic mass is 10.4. The van der Waals surface area contributed by atoms with Gasteiger partial charge in [-0.1, -0.05) is 29.3 Å². The Labute approximate surface area is 58.2 Å². The maximum Gasteiger partial charge on any atom is 0.0597 e. The van der Waals surface area contributed by atoms with Gasteiger partial charge in [-0.3, -0.25) is 0 Å². The van der Waals surface area contributed by atoms with Crippen molar-refractivity contribution in [3.05, 3.63) is 0 Å². The second-order valence-electron chi connectivity index (χ2n) is 1.43. The fourth-order valence-corrected chi connectivity index (χ4v) is 1.27. The van der Waals surface area contributed by atoms with E-state index in [-0.39, 0.29) is 0 Å². The minimum Gasteiger partial charge on any atom is -0.150 e. The highest BCUT2D eigenvalue weighted by Gasteiger charge is 1.95. The molecule has 0 aromatic carbocycles. The van der Waals surface area contributed by atoms with Gasteiger partial charge in [-0.05, 0) is 12.7 Å². The zero-order valence-electron chi connectivity index (χ0n) is 4.78. The molecule has 0 fully saturated rings. The smallest absolute Gasteiger partial charge is 0.0597 e. The Bertz CT molecular complexity index is 39.1. The van der Waals surface area contributed by atoms with E-state index in [0.717, 1.165) is 0 Å². The van der Waals surface area contributed by atoms with Gasteiger partial charge in [-0.25, -0.2) is 0 Å². The summed E-state index contributed by atoms with van der Waals surface area (Å²) in [5.41, 5.74) is 0. The first-order valence-electron chi connectivity index (χ1n) is 2.48. The second kappa shape index (κ2) is 4.98. The average molecular weight is 183 g/mol. The van der Waals surface area contributed by atoms with E-state index in [1.807, 2.05) is 11.8 Å². The minimum atomic E-state index is 0.678. The molecule has 0 aliphatic carbocycles. The van der Waals surface area contributed by atoms with Gasteiger partial charge >= 0.3 is 0 Å². The van der Waals surface area contributed by atoms with Crippen molar-refractivity contribution in [3.63, 3.8) is 0 Å². The van der Waals surface area contributed by atoms with Gasteiger partial charge in [0.05, 0.1) is 4.16 Å². The van der Waals surface area contributed by atoms with E-state index >= 15 is 0 Å². The Morgan fingerprint density at radius 3 is 2.43 bits per heavy atom. The van der Waals surface area contributed by atoms with Crippen LogP contribution in [-0.2, 0) is 0 Å². The van der Waals surface area contributed by atoms with Crippen molar-refractivity contribution in [2.24, 2.45) is 0 Å².